The number of carbonyl (C=O) groups excluding carboxylic acids is 1. The summed E-state index contributed by atoms with van der Waals surface area (Å²) in [6.45, 7) is 0.0701. The van der Waals surface area contributed by atoms with E-state index in [4.69, 9.17) is 15.4 Å². The van der Waals surface area contributed by atoms with E-state index in [9.17, 15) is 9.59 Å². The molecule has 0 radical (unpaired) electrons. The van der Waals surface area contributed by atoms with Gasteiger partial charge >= 0.3 is 12.0 Å². The number of hydrogen-bond acceptors (Lipinski definition) is 5. The van der Waals surface area contributed by atoms with Gasteiger partial charge in [-0.3, -0.25) is 4.79 Å². The lowest BCUT2D eigenvalue weighted by Crippen LogP contribution is -2.29. The summed E-state index contributed by atoms with van der Waals surface area (Å²) < 4.78 is 5.19. The number of urea groups is 1. The van der Waals surface area contributed by atoms with Crippen LogP contribution in [0.3, 0.4) is 0 Å². The van der Waals surface area contributed by atoms with Gasteiger partial charge in [0, 0.05) is 5.92 Å². The largest absolute Gasteiger partial charge is 0.481 e. The number of aliphatic carboxylic acids is 1. The number of amides is 2. The summed E-state index contributed by atoms with van der Waals surface area (Å²) in [4.78, 5) is 26.0. The first kappa shape index (κ1) is 18.2. The zero-order valence-corrected chi connectivity index (χ0v) is 13.9. The van der Waals surface area contributed by atoms with Crippen LogP contribution in [0.2, 0.25) is 0 Å². The zero-order valence-electron chi connectivity index (χ0n) is 13.9. The van der Waals surface area contributed by atoms with Crippen molar-refractivity contribution in [2.45, 2.75) is 70.3 Å². The van der Waals surface area contributed by atoms with Crippen LogP contribution in [0.15, 0.2) is 4.52 Å². The zero-order chi connectivity index (χ0) is 17.4. The minimum atomic E-state index is -0.882. The van der Waals surface area contributed by atoms with Gasteiger partial charge < -0.3 is 20.7 Å². The lowest BCUT2D eigenvalue weighted by atomic mass is 9.84. The van der Waals surface area contributed by atoms with E-state index in [-0.39, 0.29) is 18.9 Å². The molecule has 4 N–H and O–H groups in total. The number of carboxylic acids is 1. The first-order chi connectivity index (χ1) is 11.5. The number of hydrogen-bond donors (Lipinski definition) is 3. The second kappa shape index (κ2) is 9.24. The summed E-state index contributed by atoms with van der Waals surface area (Å²) in [5, 5.41) is 15.3. The van der Waals surface area contributed by atoms with E-state index in [2.05, 4.69) is 15.5 Å². The highest BCUT2D eigenvalue weighted by Crippen LogP contribution is 2.31. The Kier molecular flexibility index (Phi) is 7.02. The predicted octanol–water partition coefficient (Wildman–Crippen LogP) is 2.55. The Labute approximate surface area is 141 Å². The molecule has 8 heteroatoms. The van der Waals surface area contributed by atoms with Gasteiger partial charge in [-0.25, -0.2) is 4.79 Å². The maximum Gasteiger partial charge on any atom is 0.312 e. The molecule has 1 aromatic rings. The van der Waals surface area contributed by atoms with Crippen LogP contribution in [0.25, 0.3) is 0 Å². The van der Waals surface area contributed by atoms with E-state index in [1.54, 1.807) is 0 Å². The molecular weight excluding hydrogens is 312 g/mol. The Bertz CT molecular complexity index is 540. The minimum absolute atomic E-state index is 0.0322. The molecule has 134 valence electrons. The van der Waals surface area contributed by atoms with Crippen molar-refractivity contribution < 1.29 is 19.2 Å². The van der Waals surface area contributed by atoms with Crippen molar-refractivity contribution in [3.05, 3.63) is 11.7 Å². The normalized spacial score (nSPS) is 16.7. The molecule has 1 fully saturated rings. The maximum atomic E-state index is 11.1. The van der Waals surface area contributed by atoms with E-state index >= 15 is 0 Å². The molecule has 1 saturated carbocycles. The summed E-state index contributed by atoms with van der Waals surface area (Å²) in [6.07, 6.45) is 9.29. The number of nitrogens with one attached hydrogen (secondary N) is 1. The standard InChI is InChI=1S/C16H26N4O4/c17-16(23)18-10-13-19-15(24-20-13)12(9-14(21)22)8-4-7-11-5-2-1-3-6-11/h11-12H,1-10H2,(H,21,22)(H3,17,18,23). The monoisotopic (exact) mass is 338 g/mol. The van der Waals surface area contributed by atoms with Crippen LogP contribution in [-0.4, -0.2) is 27.2 Å². The van der Waals surface area contributed by atoms with Crippen LogP contribution in [0, 0.1) is 5.92 Å². The summed E-state index contributed by atoms with van der Waals surface area (Å²) in [5.74, 6) is 0.213. The van der Waals surface area contributed by atoms with E-state index in [1.165, 1.54) is 32.1 Å². The molecule has 0 aromatic carbocycles. The summed E-state index contributed by atoms with van der Waals surface area (Å²) >= 11 is 0. The van der Waals surface area contributed by atoms with E-state index in [0.29, 0.717) is 18.1 Å². The third-order valence-corrected chi connectivity index (χ3v) is 4.56. The van der Waals surface area contributed by atoms with E-state index in [0.717, 1.165) is 18.8 Å². The van der Waals surface area contributed by atoms with Crippen molar-refractivity contribution in [1.82, 2.24) is 15.5 Å². The topological polar surface area (TPSA) is 131 Å². The van der Waals surface area contributed by atoms with Crippen molar-refractivity contribution in [3.8, 4) is 0 Å². The molecule has 2 rings (SSSR count). The summed E-state index contributed by atoms with van der Waals surface area (Å²) in [7, 11) is 0. The Morgan fingerprint density at radius 1 is 1.33 bits per heavy atom. The van der Waals surface area contributed by atoms with Gasteiger partial charge in [-0.15, -0.1) is 0 Å². The van der Waals surface area contributed by atoms with E-state index in [1.807, 2.05) is 0 Å². The first-order valence-corrected chi connectivity index (χ1v) is 8.62. The molecule has 0 bridgehead atoms. The van der Waals surface area contributed by atoms with Gasteiger partial charge in [-0.05, 0) is 12.3 Å². The summed E-state index contributed by atoms with van der Waals surface area (Å²) in [5.41, 5.74) is 5.00. The number of primary amides is 1. The lowest BCUT2D eigenvalue weighted by Gasteiger charge is -2.21. The highest BCUT2D eigenvalue weighted by atomic mass is 16.5. The minimum Gasteiger partial charge on any atom is -0.481 e. The molecule has 1 aromatic heterocycles. The van der Waals surface area contributed by atoms with Crippen molar-refractivity contribution in [2.24, 2.45) is 11.7 Å². The Morgan fingerprint density at radius 2 is 2.08 bits per heavy atom. The lowest BCUT2D eigenvalue weighted by molar-refractivity contribution is -0.137. The number of aromatic nitrogens is 2. The average Bonchev–Trinajstić information content (AvgIpc) is 3.01. The maximum absolute atomic E-state index is 11.1. The van der Waals surface area contributed by atoms with Crippen molar-refractivity contribution in [2.75, 3.05) is 0 Å². The fourth-order valence-corrected chi connectivity index (χ4v) is 3.32. The second-order valence-electron chi connectivity index (χ2n) is 6.50. The van der Waals surface area contributed by atoms with Crippen LogP contribution >= 0.6 is 0 Å². The quantitative estimate of drug-likeness (QED) is 0.634. The highest BCUT2D eigenvalue weighted by Gasteiger charge is 2.23. The molecule has 2 amide bonds. The summed E-state index contributed by atoms with van der Waals surface area (Å²) in [6, 6.07) is -0.670. The smallest absolute Gasteiger partial charge is 0.312 e. The van der Waals surface area contributed by atoms with Crippen LogP contribution in [-0.2, 0) is 11.3 Å². The van der Waals surface area contributed by atoms with Gasteiger partial charge in [0.2, 0.25) is 5.89 Å². The second-order valence-corrected chi connectivity index (χ2v) is 6.50. The fourth-order valence-electron chi connectivity index (χ4n) is 3.32. The average molecular weight is 338 g/mol. The predicted molar refractivity (Wildman–Crippen MR) is 86.1 cm³/mol. The SMILES string of the molecule is NC(=O)NCc1noc(C(CCCC2CCCCC2)CC(=O)O)n1. The molecule has 1 heterocycles. The van der Waals surface area contributed by atoms with Crippen LogP contribution in [0.1, 0.15) is 75.4 Å². The third kappa shape index (κ3) is 6.17. The molecule has 8 nitrogen and oxygen atoms in total. The van der Waals surface area contributed by atoms with E-state index < -0.39 is 12.0 Å². The molecule has 1 aliphatic rings. The number of carbonyl (C=O) groups is 2. The van der Waals surface area contributed by atoms with Crippen molar-refractivity contribution in [3.63, 3.8) is 0 Å². The first-order valence-electron chi connectivity index (χ1n) is 8.62. The van der Waals surface area contributed by atoms with Crippen LogP contribution in [0.4, 0.5) is 4.79 Å². The molecule has 0 aliphatic heterocycles. The Morgan fingerprint density at radius 3 is 2.75 bits per heavy atom. The molecule has 1 unspecified atom stereocenters. The number of nitrogens with two attached hydrogens (primary N) is 1. The fraction of sp³-hybridized carbons (Fsp3) is 0.750. The van der Waals surface area contributed by atoms with Gasteiger partial charge in [0.15, 0.2) is 5.82 Å². The molecule has 1 aliphatic carbocycles. The van der Waals surface area contributed by atoms with Gasteiger partial charge in [-0.1, -0.05) is 50.1 Å². The van der Waals surface area contributed by atoms with Crippen LogP contribution < -0.4 is 11.1 Å². The molecule has 24 heavy (non-hydrogen) atoms. The van der Waals surface area contributed by atoms with Gasteiger partial charge in [0.25, 0.3) is 0 Å². The van der Waals surface area contributed by atoms with Crippen molar-refractivity contribution >= 4 is 12.0 Å². The Balaban J connectivity index is 1.87. The number of nitrogens with zero attached hydrogens (tertiary/aromatic N) is 2. The Hall–Kier alpha value is -2.12. The number of carboxylic acid groups (broad SMARTS) is 1. The van der Waals surface area contributed by atoms with Gasteiger partial charge in [-0.2, -0.15) is 4.98 Å². The number of rotatable bonds is 9. The molecule has 1 atom stereocenters. The van der Waals surface area contributed by atoms with Crippen LogP contribution in [0.5, 0.6) is 0 Å². The molecule has 0 spiro atoms. The molecular formula is C16H26N4O4. The molecule has 0 saturated heterocycles. The highest BCUT2D eigenvalue weighted by molar-refractivity contribution is 5.71. The third-order valence-electron chi connectivity index (χ3n) is 4.56. The van der Waals surface area contributed by atoms with Gasteiger partial charge in [0.1, 0.15) is 0 Å². The van der Waals surface area contributed by atoms with Crippen molar-refractivity contribution in [1.29, 1.82) is 0 Å². The van der Waals surface area contributed by atoms with Gasteiger partial charge in [0.05, 0.1) is 13.0 Å².